The molecule has 3 aromatic carbocycles. The number of hydrogen-bond donors (Lipinski definition) is 2. The van der Waals surface area contributed by atoms with E-state index in [9.17, 15) is 19.2 Å². The molecule has 2 aliphatic heterocycles. The fourth-order valence-electron chi connectivity index (χ4n) is 5.12. The summed E-state index contributed by atoms with van der Waals surface area (Å²) in [6.07, 6.45) is 0. The number of aryl methyl sites for hydroxylation is 1. The minimum absolute atomic E-state index is 0.250. The number of aromatic nitrogens is 1. The minimum atomic E-state index is -0.743. The molecule has 0 bridgehead atoms. The van der Waals surface area contributed by atoms with Crippen molar-refractivity contribution in [2.24, 2.45) is 5.92 Å². The normalized spacial score (nSPS) is 19.9. The first kappa shape index (κ1) is 25.1. The predicted molar refractivity (Wildman–Crippen MR) is 151 cm³/mol. The number of carbonyl (C=O) groups is 3. The molecule has 3 amide bonds. The Morgan fingerprint density at radius 1 is 0.974 bits per heavy atom. The van der Waals surface area contributed by atoms with Gasteiger partial charge in [0.15, 0.2) is 6.61 Å². The number of H-pyrrole nitrogens is 1. The van der Waals surface area contributed by atoms with E-state index in [0.717, 1.165) is 16.9 Å². The largest absolute Gasteiger partial charge is 0.483 e. The van der Waals surface area contributed by atoms with Crippen LogP contribution in [-0.2, 0) is 14.4 Å². The van der Waals surface area contributed by atoms with Crippen LogP contribution in [0.5, 0.6) is 5.75 Å². The Bertz CT molecular complexity index is 1650. The maximum Gasteiger partial charge on any atom is 0.305 e. The number of fused-ring (bicyclic) bond motifs is 2. The summed E-state index contributed by atoms with van der Waals surface area (Å²) in [7, 11) is 0. The lowest BCUT2D eigenvalue weighted by atomic mass is 9.82. The molecule has 0 aliphatic carbocycles. The van der Waals surface area contributed by atoms with E-state index in [4.69, 9.17) is 4.74 Å². The van der Waals surface area contributed by atoms with Crippen molar-refractivity contribution in [2.75, 3.05) is 16.8 Å². The first-order chi connectivity index (χ1) is 18.9. The number of imide groups is 1. The molecule has 196 valence electrons. The lowest BCUT2D eigenvalue weighted by Crippen LogP contribution is -2.32. The van der Waals surface area contributed by atoms with Crippen molar-refractivity contribution in [1.29, 1.82) is 0 Å². The summed E-state index contributed by atoms with van der Waals surface area (Å²) in [4.78, 5) is 57.0. The zero-order chi connectivity index (χ0) is 27.1. The van der Waals surface area contributed by atoms with Gasteiger partial charge in [-0.05, 0) is 42.8 Å². The van der Waals surface area contributed by atoms with Crippen LogP contribution < -0.4 is 19.8 Å². The second-order valence-electron chi connectivity index (χ2n) is 9.34. The fraction of sp³-hybridized carbons (Fsp3) is 0.172. The van der Waals surface area contributed by atoms with E-state index in [2.05, 4.69) is 10.3 Å². The van der Waals surface area contributed by atoms with Crippen molar-refractivity contribution in [3.05, 3.63) is 105 Å². The molecule has 0 saturated carbocycles. The number of hydrogen-bond acceptors (Lipinski definition) is 7. The quantitative estimate of drug-likeness (QED) is 0.337. The van der Waals surface area contributed by atoms with Gasteiger partial charge in [-0.25, -0.2) is 4.90 Å². The highest BCUT2D eigenvalue weighted by atomic mass is 32.2. The number of amides is 3. The zero-order valence-corrected chi connectivity index (χ0v) is 22.4. The van der Waals surface area contributed by atoms with Crippen LogP contribution in [0.3, 0.4) is 0 Å². The Balaban J connectivity index is 1.34. The molecular formula is C29H23N3O5S2. The van der Waals surface area contributed by atoms with E-state index < -0.39 is 17.1 Å². The number of aromatic amines is 1. The highest BCUT2D eigenvalue weighted by molar-refractivity contribution is 8.00. The maximum atomic E-state index is 13.9. The molecule has 2 N–H and O–H groups in total. The number of carbonyl (C=O) groups excluding carboxylic acids is 3. The molecule has 6 rings (SSSR count). The number of para-hydroxylation sites is 2. The average molecular weight is 558 g/mol. The highest BCUT2D eigenvalue weighted by Crippen LogP contribution is 2.54. The van der Waals surface area contributed by atoms with Crippen LogP contribution in [0.4, 0.5) is 11.4 Å². The van der Waals surface area contributed by atoms with Gasteiger partial charge in [0.05, 0.1) is 16.6 Å². The molecule has 0 radical (unpaired) electrons. The summed E-state index contributed by atoms with van der Waals surface area (Å²) >= 11 is 2.25. The Kier molecular flexibility index (Phi) is 6.58. The Labute approximate surface area is 232 Å². The molecule has 4 aromatic rings. The van der Waals surface area contributed by atoms with Gasteiger partial charge < -0.3 is 15.0 Å². The first-order valence-electron chi connectivity index (χ1n) is 12.3. The number of ether oxygens (including phenoxy) is 1. The summed E-state index contributed by atoms with van der Waals surface area (Å²) in [6, 6.07) is 23.5. The molecule has 8 nitrogen and oxygen atoms in total. The van der Waals surface area contributed by atoms with Gasteiger partial charge in [0.25, 0.3) is 5.91 Å². The van der Waals surface area contributed by atoms with Crippen molar-refractivity contribution in [3.63, 3.8) is 0 Å². The predicted octanol–water partition coefficient (Wildman–Crippen LogP) is 4.56. The van der Waals surface area contributed by atoms with Crippen molar-refractivity contribution < 1.29 is 19.1 Å². The molecule has 39 heavy (non-hydrogen) atoms. The van der Waals surface area contributed by atoms with Crippen LogP contribution >= 0.6 is 23.1 Å². The van der Waals surface area contributed by atoms with Crippen molar-refractivity contribution in [3.8, 4) is 5.75 Å². The van der Waals surface area contributed by atoms with Crippen LogP contribution in [-0.4, -0.2) is 34.6 Å². The molecule has 2 aliphatic rings. The van der Waals surface area contributed by atoms with E-state index in [-0.39, 0.29) is 29.2 Å². The van der Waals surface area contributed by atoms with Crippen molar-refractivity contribution in [2.45, 2.75) is 23.1 Å². The van der Waals surface area contributed by atoms with Gasteiger partial charge in [-0.3, -0.25) is 19.2 Å². The molecular weight excluding hydrogens is 534 g/mol. The van der Waals surface area contributed by atoms with Crippen LogP contribution in [0.25, 0.3) is 0 Å². The Hall–Kier alpha value is -4.15. The highest BCUT2D eigenvalue weighted by Gasteiger charge is 2.56. The SMILES string of the molecule is Cc1cccc(NC(=O)COc2ccccc2[C@@H]2c3sc(=O)[nH]c3S[C@H]3C(=O)N(c4ccccc4)C(=O)[C@@H]23)c1. The molecule has 0 unspecified atom stereocenters. The topological polar surface area (TPSA) is 109 Å². The van der Waals surface area contributed by atoms with Crippen molar-refractivity contribution >= 4 is 52.2 Å². The van der Waals surface area contributed by atoms with Gasteiger partial charge in [0, 0.05) is 22.0 Å². The van der Waals surface area contributed by atoms with Gasteiger partial charge in [0.1, 0.15) is 11.0 Å². The Morgan fingerprint density at radius 3 is 2.54 bits per heavy atom. The number of anilines is 2. The Morgan fingerprint density at radius 2 is 1.74 bits per heavy atom. The van der Waals surface area contributed by atoms with E-state index in [1.807, 2.05) is 43.3 Å². The van der Waals surface area contributed by atoms with Gasteiger partial charge in [-0.15, -0.1) is 0 Å². The minimum Gasteiger partial charge on any atom is -0.483 e. The summed E-state index contributed by atoms with van der Waals surface area (Å²) < 4.78 is 5.99. The number of thioether (sulfide) groups is 1. The van der Waals surface area contributed by atoms with Gasteiger partial charge in [-0.2, -0.15) is 0 Å². The maximum absolute atomic E-state index is 13.9. The third-order valence-corrected chi connectivity index (χ3v) is 9.15. The second kappa shape index (κ2) is 10.2. The van der Waals surface area contributed by atoms with Gasteiger partial charge >= 0.3 is 4.87 Å². The first-order valence-corrected chi connectivity index (χ1v) is 14.0. The van der Waals surface area contributed by atoms with E-state index in [1.54, 1.807) is 42.5 Å². The van der Waals surface area contributed by atoms with E-state index in [1.165, 1.54) is 16.7 Å². The fourth-order valence-corrected chi connectivity index (χ4v) is 7.62. The number of benzene rings is 3. The lowest BCUT2D eigenvalue weighted by Gasteiger charge is -2.30. The average Bonchev–Trinajstić information content (AvgIpc) is 3.42. The number of nitrogens with one attached hydrogen (secondary N) is 2. The van der Waals surface area contributed by atoms with Crippen LogP contribution in [0.1, 0.15) is 21.9 Å². The van der Waals surface area contributed by atoms with Gasteiger partial charge in [0.2, 0.25) is 11.8 Å². The third-order valence-electron chi connectivity index (χ3n) is 6.75. The van der Waals surface area contributed by atoms with Crippen LogP contribution in [0, 0.1) is 12.8 Å². The number of thiazole rings is 1. The van der Waals surface area contributed by atoms with Crippen molar-refractivity contribution in [1.82, 2.24) is 4.98 Å². The smallest absolute Gasteiger partial charge is 0.305 e. The monoisotopic (exact) mass is 557 g/mol. The van der Waals surface area contributed by atoms with E-state index in [0.29, 0.717) is 32.6 Å². The van der Waals surface area contributed by atoms with Crippen LogP contribution in [0.2, 0.25) is 0 Å². The van der Waals surface area contributed by atoms with Gasteiger partial charge in [-0.1, -0.05) is 71.6 Å². The molecule has 1 aromatic heterocycles. The summed E-state index contributed by atoms with van der Waals surface area (Å²) in [5.74, 6) is -1.91. The second-order valence-corrected chi connectivity index (χ2v) is 11.5. The molecule has 3 heterocycles. The molecule has 10 heteroatoms. The third kappa shape index (κ3) is 4.66. The molecule has 1 saturated heterocycles. The number of nitrogens with zero attached hydrogens (tertiary/aromatic N) is 1. The van der Waals surface area contributed by atoms with Crippen LogP contribution in [0.15, 0.2) is 88.7 Å². The summed E-state index contributed by atoms with van der Waals surface area (Å²) in [5.41, 5.74) is 2.84. The summed E-state index contributed by atoms with van der Waals surface area (Å²) in [6.45, 7) is 1.69. The van der Waals surface area contributed by atoms with E-state index >= 15 is 0 Å². The zero-order valence-electron chi connectivity index (χ0n) is 20.7. The molecule has 1 fully saturated rings. The lowest BCUT2D eigenvalue weighted by molar-refractivity contribution is -0.122. The summed E-state index contributed by atoms with van der Waals surface area (Å²) in [5, 5.41) is 2.70. The molecule has 3 atom stereocenters. The number of rotatable bonds is 6. The molecule has 0 spiro atoms. The standard InChI is InChI=1S/C29H23N3O5S2/c1-16-8-7-9-17(14-16)30-21(33)15-37-20-13-6-5-12-19(20)22-23-25(38-26-24(22)39-29(36)31-26)28(35)32(27(23)34)18-10-3-2-4-11-18/h2-14,22-23,25H,15H2,1H3,(H,30,33)(H,31,36)/t22-,23-,25+/m0/s1.